The van der Waals surface area contributed by atoms with Crippen LogP contribution in [0.4, 0.5) is 0 Å². The van der Waals surface area contributed by atoms with Crippen LogP contribution in [-0.2, 0) is 7.05 Å². The minimum atomic E-state index is -0.0203. The molecule has 0 spiro atoms. The van der Waals surface area contributed by atoms with Crippen molar-refractivity contribution >= 4 is 22.2 Å². The maximum atomic E-state index is 11.8. The first-order valence-electron chi connectivity index (χ1n) is 6.05. The van der Waals surface area contributed by atoms with Gasteiger partial charge in [0.15, 0.2) is 0 Å². The Kier molecular flexibility index (Phi) is 3.51. The summed E-state index contributed by atoms with van der Waals surface area (Å²) in [5, 5.41) is 3.70. The maximum absolute atomic E-state index is 11.8. The van der Waals surface area contributed by atoms with Gasteiger partial charge in [-0.05, 0) is 37.1 Å². The van der Waals surface area contributed by atoms with E-state index in [1.165, 1.54) is 4.68 Å². The summed E-state index contributed by atoms with van der Waals surface area (Å²) >= 11 is 0. The summed E-state index contributed by atoms with van der Waals surface area (Å²) in [6, 6.07) is 5.67. The molecule has 0 saturated heterocycles. The number of aromatic amines is 1. The van der Waals surface area contributed by atoms with Gasteiger partial charge >= 0.3 is 0 Å². The van der Waals surface area contributed by atoms with E-state index in [9.17, 15) is 4.79 Å². The molecule has 1 N–H and O–H groups in total. The molecule has 4 nitrogen and oxygen atoms in total. The van der Waals surface area contributed by atoms with Crippen LogP contribution >= 0.6 is 0 Å². The fourth-order valence-corrected chi connectivity index (χ4v) is 1.86. The Balaban J connectivity index is 2.56. The van der Waals surface area contributed by atoms with Crippen molar-refractivity contribution in [2.75, 3.05) is 0 Å². The van der Waals surface area contributed by atoms with Crippen LogP contribution in [0.3, 0.4) is 0 Å². The van der Waals surface area contributed by atoms with Gasteiger partial charge in [0.1, 0.15) is 0 Å². The predicted molar refractivity (Wildman–Crippen MR) is 80.5 cm³/mol. The highest BCUT2D eigenvalue weighted by Gasteiger charge is 2.05. The quantitative estimate of drug-likeness (QED) is 0.665. The molecule has 4 heteroatoms. The largest absolute Gasteiger partial charge is 0.295 e. The molecule has 1 aromatic heterocycles. The Labute approximate surface area is 111 Å². The van der Waals surface area contributed by atoms with Crippen LogP contribution in [0.2, 0.25) is 0 Å². The van der Waals surface area contributed by atoms with Crippen molar-refractivity contribution in [2.24, 2.45) is 12.0 Å². The van der Waals surface area contributed by atoms with Crippen LogP contribution in [0.25, 0.3) is 16.5 Å². The smallest absolute Gasteiger partial charge is 0.274 e. The number of fused-ring (bicyclic) bond motifs is 1. The molecular weight excluding hydrogens is 238 g/mol. The highest BCUT2D eigenvalue weighted by atomic mass is 16.1. The lowest BCUT2D eigenvalue weighted by atomic mass is 10.1. The molecule has 0 aliphatic rings. The second-order valence-corrected chi connectivity index (χ2v) is 4.60. The molecule has 0 saturated carbocycles. The van der Waals surface area contributed by atoms with Crippen molar-refractivity contribution in [3.63, 3.8) is 0 Å². The highest BCUT2D eigenvalue weighted by Crippen LogP contribution is 2.19. The Morgan fingerprint density at radius 1 is 1.42 bits per heavy atom. The lowest BCUT2D eigenvalue weighted by molar-refractivity contribution is 0.751. The minimum Gasteiger partial charge on any atom is -0.295 e. The monoisotopic (exact) mass is 255 g/mol. The summed E-state index contributed by atoms with van der Waals surface area (Å²) < 4.78 is 1.47. The van der Waals surface area contributed by atoms with Crippen molar-refractivity contribution < 1.29 is 0 Å². The molecular formula is C15H17N3O. The van der Waals surface area contributed by atoms with Crippen LogP contribution in [0.1, 0.15) is 19.4 Å². The molecule has 0 amide bonds. The number of aliphatic imine (C=N–C) groups is 1. The van der Waals surface area contributed by atoms with E-state index in [-0.39, 0.29) is 5.56 Å². The van der Waals surface area contributed by atoms with E-state index in [4.69, 9.17) is 0 Å². The Morgan fingerprint density at radius 2 is 2.16 bits per heavy atom. The van der Waals surface area contributed by atoms with Gasteiger partial charge in [0.2, 0.25) is 0 Å². The highest BCUT2D eigenvalue weighted by molar-refractivity contribution is 5.86. The lowest BCUT2D eigenvalue weighted by Crippen LogP contribution is -2.10. The van der Waals surface area contributed by atoms with Crippen LogP contribution in [0.15, 0.2) is 46.8 Å². The lowest BCUT2D eigenvalue weighted by Gasteiger charge is -2.01. The Morgan fingerprint density at radius 3 is 2.79 bits per heavy atom. The molecule has 98 valence electrons. The second-order valence-electron chi connectivity index (χ2n) is 4.60. The van der Waals surface area contributed by atoms with Gasteiger partial charge in [0.25, 0.3) is 5.56 Å². The fourth-order valence-electron chi connectivity index (χ4n) is 1.86. The summed E-state index contributed by atoms with van der Waals surface area (Å²) in [5.74, 6) is 0. The van der Waals surface area contributed by atoms with Gasteiger partial charge in [-0.1, -0.05) is 18.7 Å². The van der Waals surface area contributed by atoms with E-state index in [1.54, 1.807) is 19.3 Å². The number of benzene rings is 1. The number of rotatable bonds is 3. The number of aryl methyl sites for hydroxylation is 1. The third-order valence-corrected chi connectivity index (χ3v) is 2.86. The molecule has 2 rings (SSSR count). The fraction of sp³-hybridized carbons (Fsp3) is 0.200. The van der Waals surface area contributed by atoms with Gasteiger partial charge in [-0.3, -0.25) is 19.6 Å². The first-order valence-corrected chi connectivity index (χ1v) is 6.05. The van der Waals surface area contributed by atoms with Crippen LogP contribution in [0.5, 0.6) is 0 Å². The van der Waals surface area contributed by atoms with Crippen molar-refractivity contribution in [2.45, 2.75) is 13.8 Å². The number of allylic oxidation sites excluding steroid dienone is 2. The van der Waals surface area contributed by atoms with Gasteiger partial charge in [-0.15, -0.1) is 0 Å². The summed E-state index contributed by atoms with van der Waals surface area (Å²) in [6.07, 6.45) is 3.54. The zero-order valence-electron chi connectivity index (χ0n) is 11.4. The van der Waals surface area contributed by atoms with Crippen LogP contribution in [-0.4, -0.2) is 15.5 Å². The van der Waals surface area contributed by atoms with Crippen molar-refractivity contribution in [3.8, 4) is 0 Å². The molecule has 0 bridgehead atoms. The van der Waals surface area contributed by atoms with E-state index < -0.39 is 0 Å². The third-order valence-electron chi connectivity index (χ3n) is 2.86. The molecule has 0 aliphatic carbocycles. The number of hydrogen-bond acceptors (Lipinski definition) is 2. The average molecular weight is 255 g/mol. The third kappa shape index (κ3) is 2.57. The number of aromatic nitrogens is 2. The van der Waals surface area contributed by atoms with Crippen molar-refractivity contribution in [3.05, 3.63) is 53.0 Å². The van der Waals surface area contributed by atoms with Gasteiger partial charge in [-0.25, -0.2) is 0 Å². The SMILES string of the molecule is C=C/C(=C\N=C(C)C)c1ccc2c(=O)n(C)[nH]c2c1. The summed E-state index contributed by atoms with van der Waals surface area (Å²) in [4.78, 5) is 16.1. The summed E-state index contributed by atoms with van der Waals surface area (Å²) in [5.41, 5.74) is 3.68. The topological polar surface area (TPSA) is 50.1 Å². The first-order chi connectivity index (χ1) is 9.02. The van der Waals surface area contributed by atoms with Crippen molar-refractivity contribution in [1.82, 2.24) is 9.78 Å². The average Bonchev–Trinajstić information content (AvgIpc) is 2.65. The van der Waals surface area contributed by atoms with Gasteiger partial charge in [0, 0.05) is 19.0 Å². The predicted octanol–water partition coefficient (Wildman–Crippen LogP) is 2.87. The minimum absolute atomic E-state index is 0.0203. The molecule has 1 heterocycles. The van der Waals surface area contributed by atoms with Gasteiger partial charge in [0.05, 0.1) is 10.9 Å². The molecule has 0 unspecified atom stereocenters. The summed E-state index contributed by atoms with van der Waals surface area (Å²) in [7, 11) is 1.71. The van der Waals surface area contributed by atoms with Crippen LogP contribution in [0, 0.1) is 0 Å². The van der Waals surface area contributed by atoms with Crippen LogP contribution < -0.4 is 5.56 Å². The maximum Gasteiger partial charge on any atom is 0.274 e. The second kappa shape index (κ2) is 5.10. The summed E-state index contributed by atoms with van der Waals surface area (Å²) in [6.45, 7) is 7.68. The number of H-pyrrole nitrogens is 1. The van der Waals surface area contributed by atoms with E-state index in [1.807, 2.05) is 32.0 Å². The molecule has 0 aliphatic heterocycles. The zero-order valence-corrected chi connectivity index (χ0v) is 11.4. The Bertz CT molecular complexity index is 740. The molecule has 0 atom stereocenters. The van der Waals surface area contributed by atoms with Crippen molar-refractivity contribution in [1.29, 1.82) is 0 Å². The molecule has 0 fully saturated rings. The standard InChI is InChI=1S/C15H17N3O/c1-5-11(9-16-10(2)3)12-6-7-13-14(8-12)17-18(4)15(13)19/h5-9,17H,1H2,2-4H3/b11-9+. The van der Waals surface area contributed by atoms with E-state index in [2.05, 4.69) is 16.7 Å². The molecule has 2 aromatic rings. The number of nitrogens with zero attached hydrogens (tertiary/aromatic N) is 2. The van der Waals surface area contributed by atoms with E-state index >= 15 is 0 Å². The van der Waals surface area contributed by atoms with Gasteiger partial charge < -0.3 is 0 Å². The molecule has 19 heavy (non-hydrogen) atoms. The molecule has 0 radical (unpaired) electrons. The number of nitrogens with one attached hydrogen (secondary N) is 1. The van der Waals surface area contributed by atoms with E-state index in [0.717, 1.165) is 22.4 Å². The first kappa shape index (κ1) is 13.1. The zero-order chi connectivity index (χ0) is 14.0. The normalized spacial score (nSPS) is 11.6. The van der Waals surface area contributed by atoms with Gasteiger partial charge in [-0.2, -0.15) is 0 Å². The number of hydrogen-bond donors (Lipinski definition) is 1. The molecule has 1 aromatic carbocycles. The van der Waals surface area contributed by atoms with E-state index in [0.29, 0.717) is 5.39 Å². The Hall–Kier alpha value is -2.36.